The summed E-state index contributed by atoms with van der Waals surface area (Å²) in [6.45, 7) is 2.40. The molecule has 98 valence electrons. The van der Waals surface area contributed by atoms with Gasteiger partial charge >= 0.3 is 11.9 Å². The monoisotopic (exact) mass is 252 g/mol. The summed E-state index contributed by atoms with van der Waals surface area (Å²) in [5, 5.41) is 0. The van der Waals surface area contributed by atoms with Gasteiger partial charge in [-0.05, 0) is 13.8 Å². The van der Waals surface area contributed by atoms with Crippen molar-refractivity contribution < 1.29 is 17.9 Å². The van der Waals surface area contributed by atoms with Crippen LogP contribution in [0.4, 0.5) is 13.2 Å². The van der Waals surface area contributed by atoms with Crippen LogP contribution in [0.2, 0.25) is 0 Å². The molecule has 1 rings (SSSR count). The average molecular weight is 252 g/mol. The first-order chi connectivity index (χ1) is 7.81. The van der Waals surface area contributed by atoms with Crippen molar-refractivity contribution in [2.24, 2.45) is 0 Å². The van der Waals surface area contributed by atoms with Crippen LogP contribution in [0.25, 0.3) is 0 Å². The van der Waals surface area contributed by atoms with Crippen molar-refractivity contribution in [3.05, 3.63) is 22.9 Å². The highest BCUT2D eigenvalue weighted by Crippen LogP contribution is 2.14. The van der Waals surface area contributed by atoms with Crippen molar-refractivity contribution in [3.8, 4) is 0 Å². The molecule has 1 aromatic rings. The Bertz CT molecular complexity index is 406. The highest BCUT2D eigenvalue weighted by atomic mass is 19.4. The fourth-order valence-corrected chi connectivity index (χ4v) is 1.34. The number of hydrogen-bond acceptors (Lipinski definition) is 2. The smallest absolute Gasteiger partial charge is 0.370 e. The zero-order chi connectivity index (χ0) is 13.1. The minimum Gasteiger partial charge on any atom is -0.370 e. The molecule has 0 aliphatic heterocycles. The van der Waals surface area contributed by atoms with E-state index in [4.69, 9.17) is 0 Å². The van der Waals surface area contributed by atoms with Crippen LogP contribution in [0.5, 0.6) is 0 Å². The van der Waals surface area contributed by atoms with Crippen LogP contribution in [-0.4, -0.2) is 28.5 Å². The minimum atomic E-state index is -4.32. The second-order valence-corrected chi connectivity index (χ2v) is 3.94. The highest BCUT2D eigenvalue weighted by molar-refractivity contribution is 4.83. The number of hydrogen-bond donors (Lipinski definition) is 0. The Morgan fingerprint density at radius 1 is 1.35 bits per heavy atom. The molecule has 7 heteroatoms. The Morgan fingerprint density at radius 2 is 2.00 bits per heavy atom. The van der Waals surface area contributed by atoms with Gasteiger partial charge in [-0.15, -0.1) is 0 Å². The molecular weight excluding hydrogens is 237 g/mol. The zero-order valence-corrected chi connectivity index (χ0v) is 9.70. The van der Waals surface area contributed by atoms with E-state index in [0.29, 0.717) is 0 Å². The van der Waals surface area contributed by atoms with Gasteiger partial charge in [0.1, 0.15) is 6.61 Å². The second-order valence-electron chi connectivity index (χ2n) is 3.94. The maximum Gasteiger partial charge on any atom is 0.411 e. The molecule has 0 fully saturated rings. The summed E-state index contributed by atoms with van der Waals surface area (Å²) in [5.41, 5.74) is -0.240. The Labute approximate surface area is 96.6 Å². The van der Waals surface area contributed by atoms with E-state index in [2.05, 4.69) is 4.74 Å². The summed E-state index contributed by atoms with van der Waals surface area (Å²) in [6.07, 6.45) is -1.18. The molecule has 17 heavy (non-hydrogen) atoms. The molecule has 0 aliphatic rings. The van der Waals surface area contributed by atoms with Gasteiger partial charge < -0.3 is 4.74 Å². The average Bonchev–Trinajstić information content (AvgIpc) is 2.53. The lowest BCUT2D eigenvalue weighted by Gasteiger charge is -2.08. The van der Waals surface area contributed by atoms with Crippen molar-refractivity contribution in [2.45, 2.75) is 32.6 Å². The van der Waals surface area contributed by atoms with E-state index in [0.717, 1.165) is 0 Å². The molecule has 4 nitrogen and oxygen atoms in total. The van der Waals surface area contributed by atoms with Crippen molar-refractivity contribution in [1.82, 2.24) is 9.13 Å². The molecule has 0 saturated heterocycles. The lowest BCUT2D eigenvalue weighted by atomic mass is 10.4. The molecule has 1 heterocycles. The lowest BCUT2D eigenvalue weighted by molar-refractivity contribution is -0.174. The Kier molecular flexibility index (Phi) is 4.39. The van der Waals surface area contributed by atoms with Crippen LogP contribution in [0, 0.1) is 0 Å². The normalized spacial score (nSPS) is 12.4. The Hall–Kier alpha value is -1.24. The summed E-state index contributed by atoms with van der Waals surface area (Å²) >= 11 is 0. The summed E-state index contributed by atoms with van der Waals surface area (Å²) in [5.74, 6) is 0. The second kappa shape index (κ2) is 5.39. The molecule has 0 spiro atoms. The van der Waals surface area contributed by atoms with Gasteiger partial charge in [-0.1, -0.05) is 0 Å². The highest BCUT2D eigenvalue weighted by Gasteiger charge is 2.27. The third-order valence-corrected chi connectivity index (χ3v) is 2.17. The minimum absolute atomic E-state index is 0.0276. The predicted octanol–water partition coefficient (Wildman–Crippen LogP) is 1.81. The van der Waals surface area contributed by atoms with E-state index in [1.54, 1.807) is 12.4 Å². The first-order valence-electron chi connectivity index (χ1n) is 5.23. The van der Waals surface area contributed by atoms with Gasteiger partial charge in [0.25, 0.3) is 0 Å². The maximum atomic E-state index is 11.8. The fraction of sp³-hybridized carbons (Fsp3) is 0.700. The summed E-state index contributed by atoms with van der Waals surface area (Å²) in [6, 6.07) is 0.0276. The van der Waals surface area contributed by atoms with E-state index in [1.807, 2.05) is 13.8 Å². The summed E-state index contributed by atoms with van der Waals surface area (Å²) in [4.78, 5) is 11.6. The Morgan fingerprint density at radius 3 is 2.47 bits per heavy atom. The van der Waals surface area contributed by atoms with Crippen LogP contribution < -0.4 is 5.69 Å². The van der Waals surface area contributed by atoms with Gasteiger partial charge in [0.15, 0.2) is 0 Å². The van der Waals surface area contributed by atoms with E-state index >= 15 is 0 Å². The number of alkyl halides is 3. The number of ether oxygens (including phenoxy) is 1. The van der Waals surface area contributed by atoms with Crippen LogP contribution in [0.15, 0.2) is 17.2 Å². The molecular formula is C10H15F3N2O2. The molecule has 0 aliphatic carbocycles. The van der Waals surface area contributed by atoms with Gasteiger partial charge in [-0.2, -0.15) is 13.2 Å². The standard InChI is InChI=1S/C10H15F3N2O2/c1-8(2)15-4-3-14(9(15)16)5-6-17-7-10(11,12)13/h3-4,8H,5-7H2,1-2H3. The summed E-state index contributed by atoms with van der Waals surface area (Å²) < 4.78 is 42.6. The van der Waals surface area contributed by atoms with Crippen LogP contribution in [-0.2, 0) is 11.3 Å². The van der Waals surface area contributed by atoms with E-state index in [-0.39, 0.29) is 24.9 Å². The largest absolute Gasteiger partial charge is 0.411 e. The van der Waals surface area contributed by atoms with E-state index < -0.39 is 12.8 Å². The molecule has 0 saturated carbocycles. The fourth-order valence-electron chi connectivity index (χ4n) is 1.34. The molecule has 0 radical (unpaired) electrons. The van der Waals surface area contributed by atoms with Crippen LogP contribution in [0.3, 0.4) is 0 Å². The number of aromatic nitrogens is 2. The number of rotatable bonds is 5. The van der Waals surface area contributed by atoms with Gasteiger partial charge in [0.2, 0.25) is 0 Å². The summed E-state index contributed by atoms with van der Waals surface area (Å²) in [7, 11) is 0. The molecule has 0 bridgehead atoms. The first-order valence-corrected chi connectivity index (χ1v) is 5.23. The zero-order valence-electron chi connectivity index (χ0n) is 9.70. The van der Waals surface area contributed by atoms with Crippen LogP contribution in [0.1, 0.15) is 19.9 Å². The van der Waals surface area contributed by atoms with Crippen molar-refractivity contribution in [1.29, 1.82) is 0 Å². The SMILES string of the molecule is CC(C)n1ccn(CCOCC(F)(F)F)c1=O. The molecule has 1 aromatic heterocycles. The maximum absolute atomic E-state index is 11.8. The molecule has 0 N–H and O–H groups in total. The quantitative estimate of drug-likeness (QED) is 0.749. The molecule has 0 unspecified atom stereocenters. The molecule has 0 aromatic carbocycles. The topological polar surface area (TPSA) is 36.2 Å². The van der Waals surface area contributed by atoms with Gasteiger partial charge in [0.05, 0.1) is 13.2 Å². The van der Waals surface area contributed by atoms with Crippen LogP contribution >= 0.6 is 0 Å². The molecule has 0 amide bonds. The lowest BCUT2D eigenvalue weighted by Crippen LogP contribution is -2.27. The van der Waals surface area contributed by atoms with Crippen molar-refractivity contribution >= 4 is 0 Å². The van der Waals surface area contributed by atoms with Gasteiger partial charge in [-0.3, -0.25) is 9.13 Å². The number of halogens is 3. The van der Waals surface area contributed by atoms with Gasteiger partial charge in [0, 0.05) is 18.4 Å². The van der Waals surface area contributed by atoms with E-state index in [1.165, 1.54) is 9.13 Å². The number of imidazole rings is 1. The molecule has 0 atom stereocenters. The van der Waals surface area contributed by atoms with Gasteiger partial charge in [-0.25, -0.2) is 4.79 Å². The van der Waals surface area contributed by atoms with E-state index in [9.17, 15) is 18.0 Å². The third kappa shape index (κ3) is 4.26. The first kappa shape index (κ1) is 13.8. The predicted molar refractivity (Wildman–Crippen MR) is 56.0 cm³/mol. The van der Waals surface area contributed by atoms with Crippen molar-refractivity contribution in [2.75, 3.05) is 13.2 Å². The number of nitrogens with zero attached hydrogens (tertiary/aromatic N) is 2. The Balaban J connectivity index is 2.46. The third-order valence-electron chi connectivity index (χ3n) is 2.17. The van der Waals surface area contributed by atoms with Crippen molar-refractivity contribution in [3.63, 3.8) is 0 Å².